The predicted molar refractivity (Wildman–Crippen MR) is 98.2 cm³/mol. The normalized spacial score (nSPS) is 10.2. The second-order valence-electron chi connectivity index (χ2n) is 5.47. The van der Waals surface area contributed by atoms with Crippen LogP contribution in [-0.2, 0) is 6.54 Å². The fourth-order valence-electron chi connectivity index (χ4n) is 2.69. The Kier molecular flexibility index (Phi) is 5.43. The fourth-order valence-corrected chi connectivity index (χ4v) is 2.69. The van der Waals surface area contributed by atoms with Gasteiger partial charge in [0.1, 0.15) is 0 Å². The number of hydrogen-bond donors (Lipinski definition) is 1. The highest BCUT2D eigenvalue weighted by atomic mass is 16.5. The number of methoxy groups -OCH3 is 2. The summed E-state index contributed by atoms with van der Waals surface area (Å²) in [5.74, 6) is 0.678. The van der Waals surface area contributed by atoms with Crippen molar-refractivity contribution < 1.29 is 14.3 Å². The van der Waals surface area contributed by atoms with E-state index < -0.39 is 0 Å². The van der Waals surface area contributed by atoms with E-state index in [-0.39, 0.29) is 5.91 Å². The van der Waals surface area contributed by atoms with Gasteiger partial charge in [-0.3, -0.25) is 14.8 Å². The first-order chi connectivity index (χ1) is 12.7. The molecule has 0 aliphatic carbocycles. The van der Waals surface area contributed by atoms with Crippen molar-refractivity contribution in [2.45, 2.75) is 6.54 Å². The Bertz CT molecular complexity index is 898. The molecule has 1 amide bonds. The number of hydrogen-bond acceptors (Lipinski definition) is 5. The third kappa shape index (κ3) is 3.64. The van der Waals surface area contributed by atoms with Crippen LogP contribution in [0.4, 0.5) is 0 Å². The second-order valence-corrected chi connectivity index (χ2v) is 5.47. The summed E-state index contributed by atoms with van der Waals surface area (Å²) in [6.45, 7) is 0.338. The van der Waals surface area contributed by atoms with Crippen molar-refractivity contribution in [1.82, 2.24) is 15.3 Å². The van der Waals surface area contributed by atoms with E-state index in [1.165, 1.54) is 14.2 Å². The summed E-state index contributed by atoms with van der Waals surface area (Å²) >= 11 is 0. The van der Waals surface area contributed by atoms with E-state index in [4.69, 9.17) is 9.47 Å². The van der Waals surface area contributed by atoms with Crippen molar-refractivity contribution in [1.29, 1.82) is 0 Å². The molecule has 3 aromatic rings. The minimum Gasteiger partial charge on any atom is -0.493 e. The molecular weight excluding hydrogens is 330 g/mol. The van der Waals surface area contributed by atoms with Crippen molar-refractivity contribution in [3.05, 3.63) is 72.2 Å². The Morgan fingerprint density at radius 1 is 1.00 bits per heavy atom. The molecule has 0 saturated heterocycles. The van der Waals surface area contributed by atoms with Crippen LogP contribution in [0.2, 0.25) is 0 Å². The average Bonchev–Trinajstić information content (AvgIpc) is 2.72. The molecule has 1 aromatic carbocycles. The fraction of sp³-hybridized carbons (Fsp3) is 0.150. The van der Waals surface area contributed by atoms with E-state index in [1.807, 2.05) is 24.3 Å². The number of nitrogens with zero attached hydrogens (tertiary/aromatic N) is 2. The lowest BCUT2D eigenvalue weighted by Gasteiger charge is -2.13. The number of benzene rings is 1. The zero-order valence-corrected chi connectivity index (χ0v) is 14.6. The van der Waals surface area contributed by atoms with Crippen LogP contribution in [0.5, 0.6) is 11.5 Å². The molecule has 26 heavy (non-hydrogen) atoms. The van der Waals surface area contributed by atoms with Crippen LogP contribution in [-0.4, -0.2) is 30.1 Å². The van der Waals surface area contributed by atoms with E-state index in [9.17, 15) is 4.79 Å². The number of rotatable bonds is 6. The Morgan fingerprint density at radius 2 is 1.81 bits per heavy atom. The Morgan fingerprint density at radius 3 is 2.54 bits per heavy atom. The van der Waals surface area contributed by atoms with Gasteiger partial charge >= 0.3 is 0 Å². The summed E-state index contributed by atoms with van der Waals surface area (Å²) in [5.41, 5.74) is 3.09. The second kappa shape index (κ2) is 8.11. The molecule has 0 spiro atoms. The number of para-hydroxylation sites is 1. The Hall–Kier alpha value is -3.41. The lowest BCUT2D eigenvalue weighted by atomic mass is 10.1. The topological polar surface area (TPSA) is 73.3 Å². The predicted octanol–water partition coefficient (Wildman–Crippen LogP) is 3.09. The molecule has 0 atom stereocenters. The molecule has 0 aliphatic rings. The molecule has 0 bridgehead atoms. The van der Waals surface area contributed by atoms with Gasteiger partial charge in [-0.2, -0.15) is 0 Å². The number of aromatic nitrogens is 2. The number of nitrogens with one attached hydrogen (secondary N) is 1. The van der Waals surface area contributed by atoms with E-state index >= 15 is 0 Å². The monoisotopic (exact) mass is 349 g/mol. The van der Waals surface area contributed by atoms with Crippen LogP contribution in [0.1, 0.15) is 15.9 Å². The molecule has 2 heterocycles. The summed E-state index contributed by atoms with van der Waals surface area (Å²) in [6.07, 6.45) is 5.16. The Balaban J connectivity index is 1.82. The molecule has 6 heteroatoms. The molecule has 2 aromatic heterocycles. The first-order valence-corrected chi connectivity index (χ1v) is 8.08. The van der Waals surface area contributed by atoms with Gasteiger partial charge in [-0.1, -0.05) is 12.1 Å². The van der Waals surface area contributed by atoms with E-state index in [2.05, 4.69) is 15.3 Å². The van der Waals surface area contributed by atoms with Crippen molar-refractivity contribution >= 4 is 5.91 Å². The van der Waals surface area contributed by atoms with Crippen molar-refractivity contribution in [3.8, 4) is 22.8 Å². The van der Waals surface area contributed by atoms with Crippen LogP contribution in [0.15, 0.2) is 61.1 Å². The molecule has 0 saturated carbocycles. The van der Waals surface area contributed by atoms with Gasteiger partial charge in [0.05, 0.1) is 25.5 Å². The molecular formula is C20H19N3O3. The quantitative estimate of drug-likeness (QED) is 0.740. The molecule has 0 radical (unpaired) electrons. The third-order valence-electron chi connectivity index (χ3n) is 3.93. The first-order valence-electron chi connectivity index (χ1n) is 8.08. The minimum absolute atomic E-state index is 0.245. The highest BCUT2D eigenvalue weighted by Gasteiger charge is 2.16. The lowest BCUT2D eigenvalue weighted by molar-refractivity contribution is 0.0947. The summed E-state index contributed by atoms with van der Waals surface area (Å²) in [7, 11) is 3.05. The SMILES string of the molecule is COc1cccc(C(=O)NCc2cccnc2-c2ccncc2)c1OC. The van der Waals surface area contributed by atoms with Crippen LogP contribution in [0, 0.1) is 0 Å². The zero-order chi connectivity index (χ0) is 18.4. The Labute approximate surface area is 151 Å². The maximum absolute atomic E-state index is 12.6. The van der Waals surface area contributed by atoms with Gasteiger partial charge in [0.2, 0.25) is 0 Å². The number of carbonyl (C=O) groups excluding carboxylic acids is 1. The van der Waals surface area contributed by atoms with E-state index in [1.54, 1.807) is 36.8 Å². The van der Waals surface area contributed by atoms with Gasteiger partial charge in [-0.05, 0) is 35.9 Å². The van der Waals surface area contributed by atoms with E-state index in [0.29, 0.717) is 23.6 Å². The number of carbonyl (C=O) groups is 1. The highest BCUT2D eigenvalue weighted by Crippen LogP contribution is 2.30. The summed E-state index contributed by atoms with van der Waals surface area (Å²) in [6, 6.07) is 12.8. The van der Waals surface area contributed by atoms with Crippen LogP contribution < -0.4 is 14.8 Å². The third-order valence-corrected chi connectivity index (χ3v) is 3.93. The van der Waals surface area contributed by atoms with Crippen molar-refractivity contribution in [3.63, 3.8) is 0 Å². The average molecular weight is 349 g/mol. The van der Waals surface area contributed by atoms with Gasteiger partial charge in [0, 0.05) is 30.7 Å². The number of ether oxygens (including phenoxy) is 2. The van der Waals surface area contributed by atoms with Crippen molar-refractivity contribution in [2.24, 2.45) is 0 Å². The van der Waals surface area contributed by atoms with Gasteiger partial charge in [-0.15, -0.1) is 0 Å². The largest absolute Gasteiger partial charge is 0.493 e. The maximum atomic E-state index is 12.6. The molecule has 0 aliphatic heterocycles. The summed E-state index contributed by atoms with van der Waals surface area (Å²) in [5, 5.41) is 2.92. The number of amides is 1. The summed E-state index contributed by atoms with van der Waals surface area (Å²) in [4.78, 5) is 21.1. The molecule has 0 fully saturated rings. The zero-order valence-electron chi connectivity index (χ0n) is 14.6. The van der Waals surface area contributed by atoms with Gasteiger partial charge in [-0.25, -0.2) is 0 Å². The van der Waals surface area contributed by atoms with Crippen molar-refractivity contribution in [2.75, 3.05) is 14.2 Å². The maximum Gasteiger partial charge on any atom is 0.255 e. The summed E-state index contributed by atoms with van der Waals surface area (Å²) < 4.78 is 10.6. The molecule has 3 rings (SSSR count). The highest BCUT2D eigenvalue weighted by molar-refractivity contribution is 5.97. The molecule has 6 nitrogen and oxygen atoms in total. The standard InChI is InChI=1S/C20H19N3O3/c1-25-17-7-3-6-16(19(17)26-2)20(24)23-13-15-5-4-10-22-18(15)14-8-11-21-12-9-14/h3-12H,13H2,1-2H3,(H,23,24). The minimum atomic E-state index is -0.245. The van der Waals surface area contributed by atoms with Crippen LogP contribution in [0.25, 0.3) is 11.3 Å². The molecule has 1 N–H and O–H groups in total. The van der Waals surface area contributed by atoms with Crippen LogP contribution in [0.3, 0.4) is 0 Å². The van der Waals surface area contributed by atoms with E-state index in [0.717, 1.165) is 16.8 Å². The lowest BCUT2D eigenvalue weighted by Crippen LogP contribution is -2.24. The molecule has 132 valence electrons. The first kappa shape index (κ1) is 17.4. The van der Waals surface area contributed by atoms with Gasteiger partial charge in [0.15, 0.2) is 11.5 Å². The smallest absolute Gasteiger partial charge is 0.255 e. The van der Waals surface area contributed by atoms with Gasteiger partial charge in [0.25, 0.3) is 5.91 Å². The molecule has 0 unspecified atom stereocenters. The van der Waals surface area contributed by atoms with Gasteiger partial charge < -0.3 is 14.8 Å². The van der Waals surface area contributed by atoms with Crippen LogP contribution >= 0.6 is 0 Å². The number of pyridine rings is 2.